The number of nitrogens with zero attached hydrogens (tertiary/aromatic N) is 1. The fourth-order valence-electron chi connectivity index (χ4n) is 1.15. The molecule has 0 spiro atoms. The van der Waals surface area contributed by atoms with E-state index >= 15 is 0 Å². The summed E-state index contributed by atoms with van der Waals surface area (Å²) in [4.78, 5) is 0. The Labute approximate surface area is 94.7 Å². The largest absolute Gasteiger partial charge is 0.504 e. The van der Waals surface area contributed by atoms with Crippen molar-refractivity contribution in [3.8, 4) is 17.6 Å². The Morgan fingerprint density at radius 2 is 2.27 bits per heavy atom. The summed E-state index contributed by atoms with van der Waals surface area (Å²) in [6, 6.07) is 6.49. The topological polar surface area (TPSA) is 79.3 Å². The molecule has 1 aromatic rings. The molecular weight excluding hydrogens is 216 g/mol. The van der Waals surface area contributed by atoms with Crippen LogP contribution in [0, 0.1) is 11.3 Å². The van der Waals surface area contributed by atoms with E-state index in [0.29, 0.717) is 5.75 Å². The molecule has 0 aliphatic rings. The number of halogens is 1. The van der Waals surface area contributed by atoms with Crippen molar-refractivity contribution in [2.24, 2.45) is 5.73 Å². The maximum atomic E-state index is 9.44. The molecule has 0 aliphatic carbocycles. The van der Waals surface area contributed by atoms with E-state index in [1.54, 1.807) is 12.1 Å². The van der Waals surface area contributed by atoms with Gasteiger partial charge in [-0.2, -0.15) is 5.26 Å². The average Bonchev–Trinajstić information content (AvgIpc) is 2.18. The SMILES string of the molecule is COc1ccc([C@@H](N)CC#N)cc1O.Cl. The molecule has 0 bridgehead atoms. The summed E-state index contributed by atoms with van der Waals surface area (Å²) in [5, 5.41) is 17.9. The van der Waals surface area contributed by atoms with Crippen LogP contribution in [0.3, 0.4) is 0 Å². The molecule has 0 saturated carbocycles. The van der Waals surface area contributed by atoms with Crippen LogP contribution in [0.15, 0.2) is 18.2 Å². The zero-order chi connectivity index (χ0) is 10.6. The molecule has 0 radical (unpaired) electrons. The zero-order valence-electron chi connectivity index (χ0n) is 8.30. The van der Waals surface area contributed by atoms with Crippen LogP contribution in [0.4, 0.5) is 0 Å². The van der Waals surface area contributed by atoms with Crippen LogP contribution < -0.4 is 10.5 Å². The highest BCUT2D eigenvalue weighted by molar-refractivity contribution is 5.85. The van der Waals surface area contributed by atoms with Gasteiger partial charge < -0.3 is 15.6 Å². The Hall–Kier alpha value is -1.44. The van der Waals surface area contributed by atoms with Gasteiger partial charge in [0.15, 0.2) is 11.5 Å². The number of rotatable bonds is 3. The third-order valence-electron chi connectivity index (χ3n) is 1.94. The second-order valence-corrected chi connectivity index (χ2v) is 2.90. The number of phenolic OH excluding ortho intramolecular Hbond substituents is 1. The zero-order valence-corrected chi connectivity index (χ0v) is 9.12. The minimum absolute atomic E-state index is 0. The predicted molar refractivity (Wildman–Crippen MR) is 59.1 cm³/mol. The summed E-state index contributed by atoms with van der Waals surface area (Å²) in [5.41, 5.74) is 6.42. The van der Waals surface area contributed by atoms with Crippen molar-refractivity contribution >= 4 is 12.4 Å². The predicted octanol–water partition coefficient (Wildman–Crippen LogP) is 1.74. The van der Waals surface area contributed by atoms with Crippen molar-refractivity contribution in [2.45, 2.75) is 12.5 Å². The summed E-state index contributed by atoms with van der Waals surface area (Å²) < 4.78 is 4.88. The first kappa shape index (κ1) is 13.6. The lowest BCUT2D eigenvalue weighted by atomic mass is 10.0. The molecule has 0 unspecified atom stereocenters. The molecule has 1 rings (SSSR count). The van der Waals surface area contributed by atoms with E-state index in [1.165, 1.54) is 13.2 Å². The summed E-state index contributed by atoms with van der Waals surface area (Å²) in [5.74, 6) is 0.441. The third kappa shape index (κ3) is 3.31. The summed E-state index contributed by atoms with van der Waals surface area (Å²) in [6.07, 6.45) is 0.228. The molecule has 0 amide bonds. The standard InChI is InChI=1S/C10H12N2O2.ClH/c1-14-10-3-2-7(6-9(10)13)8(12)4-5-11;/h2-3,6,8,13H,4,12H2,1H3;1H/t8-;/m0./s1. The first-order chi connectivity index (χ1) is 6.69. The maximum absolute atomic E-state index is 9.44. The molecule has 1 aromatic carbocycles. The minimum Gasteiger partial charge on any atom is -0.504 e. The molecule has 3 N–H and O–H groups in total. The van der Waals surface area contributed by atoms with Crippen LogP contribution in [0.5, 0.6) is 11.5 Å². The molecule has 0 aliphatic heterocycles. The van der Waals surface area contributed by atoms with Crippen molar-refractivity contribution in [1.82, 2.24) is 0 Å². The van der Waals surface area contributed by atoms with Crippen molar-refractivity contribution in [1.29, 1.82) is 5.26 Å². The van der Waals surface area contributed by atoms with Gasteiger partial charge in [-0.3, -0.25) is 0 Å². The van der Waals surface area contributed by atoms with Crippen molar-refractivity contribution in [3.05, 3.63) is 23.8 Å². The number of ether oxygens (including phenoxy) is 1. The molecule has 15 heavy (non-hydrogen) atoms. The third-order valence-corrected chi connectivity index (χ3v) is 1.94. The average molecular weight is 229 g/mol. The van der Waals surface area contributed by atoms with E-state index in [4.69, 9.17) is 15.7 Å². The minimum atomic E-state index is -0.364. The van der Waals surface area contributed by atoms with Crippen molar-refractivity contribution in [3.63, 3.8) is 0 Å². The Balaban J connectivity index is 0.00000196. The summed E-state index contributed by atoms with van der Waals surface area (Å²) in [7, 11) is 1.48. The lowest BCUT2D eigenvalue weighted by Gasteiger charge is -2.10. The number of hydrogen-bond acceptors (Lipinski definition) is 4. The van der Waals surface area contributed by atoms with Gasteiger partial charge in [0.1, 0.15) is 0 Å². The number of aromatic hydroxyl groups is 1. The van der Waals surface area contributed by atoms with E-state index in [9.17, 15) is 5.11 Å². The van der Waals surface area contributed by atoms with Crippen LogP contribution in [0.1, 0.15) is 18.0 Å². The fourth-order valence-corrected chi connectivity index (χ4v) is 1.15. The van der Waals surface area contributed by atoms with Crippen LogP contribution >= 0.6 is 12.4 Å². The first-order valence-corrected chi connectivity index (χ1v) is 4.18. The number of nitriles is 1. The van der Waals surface area contributed by atoms with E-state index in [-0.39, 0.29) is 30.6 Å². The van der Waals surface area contributed by atoms with Gasteiger partial charge in [0.25, 0.3) is 0 Å². The van der Waals surface area contributed by atoms with Crippen LogP contribution in [-0.4, -0.2) is 12.2 Å². The second-order valence-electron chi connectivity index (χ2n) is 2.90. The first-order valence-electron chi connectivity index (χ1n) is 4.18. The fraction of sp³-hybridized carbons (Fsp3) is 0.300. The molecule has 0 fully saturated rings. The number of phenols is 1. The quantitative estimate of drug-likeness (QED) is 0.826. The van der Waals surface area contributed by atoms with Gasteiger partial charge in [-0.15, -0.1) is 12.4 Å². The molecule has 0 heterocycles. The number of nitrogens with two attached hydrogens (primary N) is 1. The van der Waals surface area contributed by atoms with Crippen LogP contribution in [0.2, 0.25) is 0 Å². The van der Waals surface area contributed by atoms with Gasteiger partial charge in [0.2, 0.25) is 0 Å². The smallest absolute Gasteiger partial charge is 0.160 e. The van der Waals surface area contributed by atoms with Gasteiger partial charge in [0.05, 0.1) is 19.6 Å². The summed E-state index contributed by atoms with van der Waals surface area (Å²) in [6.45, 7) is 0. The van der Waals surface area contributed by atoms with Crippen molar-refractivity contribution in [2.75, 3.05) is 7.11 Å². The molecule has 82 valence electrons. The second kappa shape index (κ2) is 6.12. The number of methoxy groups -OCH3 is 1. The van der Waals surface area contributed by atoms with E-state index < -0.39 is 0 Å². The van der Waals surface area contributed by atoms with Gasteiger partial charge >= 0.3 is 0 Å². The highest BCUT2D eigenvalue weighted by atomic mass is 35.5. The normalized spacial score (nSPS) is 11.0. The highest BCUT2D eigenvalue weighted by Crippen LogP contribution is 2.28. The molecule has 0 saturated heterocycles. The summed E-state index contributed by atoms with van der Waals surface area (Å²) >= 11 is 0. The maximum Gasteiger partial charge on any atom is 0.160 e. The Bertz CT molecular complexity index is 363. The molecular formula is C10H13ClN2O2. The van der Waals surface area contributed by atoms with Crippen molar-refractivity contribution < 1.29 is 9.84 Å². The molecule has 0 aromatic heterocycles. The van der Waals surface area contributed by atoms with E-state index in [1.807, 2.05) is 6.07 Å². The van der Waals surface area contributed by atoms with Gasteiger partial charge in [0, 0.05) is 6.04 Å². The van der Waals surface area contributed by atoms with Crippen LogP contribution in [-0.2, 0) is 0 Å². The van der Waals surface area contributed by atoms with Gasteiger partial charge in [-0.1, -0.05) is 6.07 Å². The highest BCUT2D eigenvalue weighted by Gasteiger charge is 2.08. The Morgan fingerprint density at radius 3 is 2.73 bits per heavy atom. The Kier molecular flexibility index (Phi) is 5.53. The lowest BCUT2D eigenvalue weighted by Crippen LogP contribution is -2.08. The van der Waals surface area contributed by atoms with Gasteiger partial charge in [-0.25, -0.2) is 0 Å². The van der Waals surface area contributed by atoms with E-state index in [0.717, 1.165) is 5.56 Å². The van der Waals surface area contributed by atoms with Gasteiger partial charge in [-0.05, 0) is 17.7 Å². The Morgan fingerprint density at radius 1 is 1.60 bits per heavy atom. The molecule has 1 atom stereocenters. The number of benzene rings is 1. The molecule has 4 nitrogen and oxygen atoms in total. The monoisotopic (exact) mass is 228 g/mol. The van der Waals surface area contributed by atoms with E-state index in [2.05, 4.69) is 0 Å². The van der Waals surface area contributed by atoms with Crippen LogP contribution in [0.25, 0.3) is 0 Å². The number of hydrogen-bond donors (Lipinski definition) is 2. The molecule has 5 heteroatoms. The lowest BCUT2D eigenvalue weighted by molar-refractivity contribution is 0.373.